The van der Waals surface area contributed by atoms with Crippen molar-refractivity contribution in [3.8, 4) is 5.75 Å². The minimum absolute atomic E-state index is 0.176. The SMILES string of the molecule is O=C(CCOc1ccccc1)N1CCC(c2cc3ccccc3[nH]2)C1. The van der Waals surface area contributed by atoms with Gasteiger partial charge < -0.3 is 14.6 Å². The second-order valence-corrected chi connectivity index (χ2v) is 6.55. The third-order valence-electron chi connectivity index (χ3n) is 4.86. The standard InChI is InChI=1S/C21H22N2O2/c24-21(11-13-25-18-7-2-1-3-8-18)23-12-10-17(15-23)20-14-16-6-4-5-9-19(16)22-20/h1-9,14,17,22H,10-13,15H2. The lowest BCUT2D eigenvalue weighted by atomic mass is 10.1. The molecule has 25 heavy (non-hydrogen) atoms. The van der Waals surface area contributed by atoms with Crippen molar-refractivity contribution in [3.63, 3.8) is 0 Å². The second-order valence-electron chi connectivity index (χ2n) is 6.55. The van der Waals surface area contributed by atoms with Crippen LogP contribution in [0.1, 0.15) is 24.5 Å². The molecule has 0 aliphatic carbocycles. The monoisotopic (exact) mass is 334 g/mol. The Labute approximate surface area is 147 Å². The Balaban J connectivity index is 1.31. The molecule has 2 aromatic carbocycles. The number of fused-ring (bicyclic) bond motifs is 1. The van der Waals surface area contributed by atoms with E-state index in [2.05, 4.69) is 29.2 Å². The minimum atomic E-state index is 0.176. The summed E-state index contributed by atoms with van der Waals surface area (Å²) in [6.45, 7) is 2.04. The average Bonchev–Trinajstić information content (AvgIpc) is 3.29. The van der Waals surface area contributed by atoms with Gasteiger partial charge in [-0.05, 0) is 36.1 Å². The van der Waals surface area contributed by atoms with E-state index in [1.165, 1.54) is 16.6 Å². The van der Waals surface area contributed by atoms with Crippen molar-refractivity contribution in [2.24, 2.45) is 0 Å². The summed E-state index contributed by atoms with van der Waals surface area (Å²) < 4.78 is 5.63. The fourth-order valence-electron chi connectivity index (χ4n) is 3.49. The Hall–Kier alpha value is -2.75. The molecule has 1 unspecified atom stereocenters. The van der Waals surface area contributed by atoms with E-state index in [-0.39, 0.29) is 5.91 Å². The molecule has 1 atom stereocenters. The molecule has 0 bridgehead atoms. The van der Waals surface area contributed by atoms with E-state index in [4.69, 9.17) is 4.74 Å². The molecule has 0 radical (unpaired) electrons. The second kappa shape index (κ2) is 7.01. The maximum absolute atomic E-state index is 12.4. The van der Waals surface area contributed by atoms with Crippen LogP contribution >= 0.6 is 0 Å². The van der Waals surface area contributed by atoms with Crippen LogP contribution < -0.4 is 4.74 Å². The number of rotatable bonds is 5. The zero-order valence-electron chi connectivity index (χ0n) is 14.2. The molecule has 1 N–H and O–H groups in total. The number of nitrogens with zero attached hydrogens (tertiary/aromatic N) is 1. The molecule has 4 heteroatoms. The van der Waals surface area contributed by atoms with Gasteiger partial charge in [-0.2, -0.15) is 0 Å². The van der Waals surface area contributed by atoms with E-state index < -0.39 is 0 Å². The largest absolute Gasteiger partial charge is 0.493 e. The van der Waals surface area contributed by atoms with Crippen LogP contribution in [0.3, 0.4) is 0 Å². The number of ether oxygens (including phenoxy) is 1. The van der Waals surface area contributed by atoms with Gasteiger partial charge in [0.25, 0.3) is 0 Å². The number of benzene rings is 2. The van der Waals surface area contributed by atoms with Crippen LogP contribution in [-0.2, 0) is 4.79 Å². The number of para-hydroxylation sites is 2. The maximum atomic E-state index is 12.4. The van der Waals surface area contributed by atoms with Gasteiger partial charge in [0.2, 0.25) is 5.91 Å². The first-order chi connectivity index (χ1) is 12.3. The Kier molecular flexibility index (Phi) is 4.42. The van der Waals surface area contributed by atoms with Gasteiger partial charge in [-0.25, -0.2) is 0 Å². The van der Waals surface area contributed by atoms with Crippen LogP contribution in [0.2, 0.25) is 0 Å². The number of carbonyl (C=O) groups excluding carboxylic acids is 1. The lowest BCUT2D eigenvalue weighted by Crippen LogP contribution is -2.29. The van der Waals surface area contributed by atoms with Crippen molar-refractivity contribution in [1.29, 1.82) is 0 Å². The zero-order valence-corrected chi connectivity index (χ0v) is 14.2. The molecule has 4 rings (SSSR count). The summed E-state index contributed by atoms with van der Waals surface area (Å²) >= 11 is 0. The third kappa shape index (κ3) is 3.53. The zero-order chi connectivity index (χ0) is 17.1. The van der Waals surface area contributed by atoms with Gasteiger partial charge in [0, 0.05) is 30.2 Å². The number of hydrogen-bond donors (Lipinski definition) is 1. The number of H-pyrrole nitrogens is 1. The van der Waals surface area contributed by atoms with E-state index >= 15 is 0 Å². The normalized spacial score (nSPS) is 17.1. The van der Waals surface area contributed by atoms with Crippen molar-refractivity contribution in [3.05, 3.63) is 66.4 Å². The highest BCUT2D eigenvalue weighted by molar-refractivity contribution is 5.80. The first kappa shape index (κ1) is 15.8. The van der Waals surface area contributed by atoms with Crippen LogP contribution in [0, 0.1) is 0 Å². The number of aromatic amines is 1. The Bertz CT molecular complexity index is 823. The lowest BCUT2D eigenvalue weighted by Gasteiger charge is -2.16. The Morgan fingerprint density at radius 1 is 1.12 bits per heavy atom. The number of hydrogen-bond acceptors (Lipinski definition) is 2. The quantitative estimate of drug-likeness (QED) is 0.768. The van der Waals surface area contributed by atoms with Crippen LogP contribution in [0.15, 0.2) is 60.7 Å². The third-order valence-corrected chi connectivity index (χ3v) is 4.86. The summed E-state index contributed by atoms with van der Waals surface area (Å²) in [5.74, 6) is 1.38. The predicted molar refractivity (Wildman–Crippen MR) is 98.8 cm³/mol. The molecule has 1 aliphatic rings. The first-order valence-electron chi connectivity index (χ1n) is 8.83. The van der Waals surface area contributed by atoms with Crippen LogP contribution in [0.5, 0.6) is 5.75 Å². The van der Waals surface area contributed by atoms with Crippen LogP contribution in [0.4, 0.5) is 0 Å². The van der Waals surface area contributed by atoms with Gasteiger partial charge in [-0.3, -0.25) is 4.79 Å². The van der Waals surface area contributed by atoms with Crippen LogP contribution in [-0.4, -0.2) is 35.5 Å². The van der Waals surface area contributed by atoms with Gasteiger partial charge in [-0.1, -0.05) is 36.4 Å². The molecular weight excluding hydrogens is 312 g/mol. The fourth-order valence-corrected chi connectivity index (χ4v) is 3.49. The van der Waals surface area contributed by atoms with Gasteiger partial charge in [0.05, 0.1) is 13.0 Å². The fraction of sp³-hybridized carbons (Fsp3) is 0.286. The topological polar surface area (TPSA) is 45.3 Å². The Morgan fingerprint density at radius 3 is 2.76 bits per heavy atom. The van der Waals surface area contributed by atoms with Gasteiger partial charge in [0.15, 0.2) is 0 Å². The van der Waals surface area contributed by atoms with Gasteiger partial charge >= 0.3 is 0 Å². The summed E-state index contributed by atoms with van der Waals surface area (Å²) in [6.07, 6.45) is 1.44. The number of amides is 1. The number of carbonyl (C=O) groups is 1. The smallest absolute Gasteiger partial charge is 0.226 e. The van der Waals surface area contributed by atoms with Crippen molar-refractivity contribution < 1.29 is 9.53 Å². The number of aromatic nitrogens is 1. The molecule has 128 valence electrons. The molecule has 4 nitrogen and oxygen atoms in total. The number of likely N-dealkylation sites (tertiary alicyclic amines) is 1. The molecule has 1 aromatic heterocycles. The molecule has 3 aromatic rings. The van der Waals surface area contributed by atoms with Crippen molar-refractivity contribution >= 4 is 16.8 Å². The molecule has 1 amide bonds. The van der Waals surface area contributed by atoms with Gasteiger partial charge in [0.1, 0.15) is 5.75 Å². The van der Waals surface area contributed by atoms with Gasteiger partial charge in [-0.15, -0.1) is 0 Å². The molecule has 1 saturated heterocycles. The number of nitrogens with one attached hydrogen (secondary N) is 1. The first-order valence-corrected chi connectivity index (χ1v) is 8.83. The summed E-state index contributed by atoms with van der Waals surface area (Å²) in [5, 5.41) is 1.23. The molecule has 2 heterocycles. The molecule has 0 saturated carbocycles. The predicted octanol–water partition coefficient (Wildman–Crippen LogP) is 3.95. The summed E-state index contributed by atoms with van der Waals surface area (Å²) in [5.41, 5.74) is 2.40. The highest BCUT2D eigenvalue weighted by Gasteiger charge is 2.28. The van der Waals surface area contributed by atoms with E-state index in [9.17, 15) is 4.79 Å². The average molecular weight is 334 g/mol. The molecular formula is C21H22N2O2. The van der Waals surface area contributed by atoms with Crippen molar-refractivity contribution in [2.45, 2.75) is 18.8 Å². The Morgan fingerprint density at radius 2 is 1.92 bits per heavy atom. The summed E-state index contributed by atoms with van der Waals surface area (Å²) in [6, 6.07) is 20.2. The summed E-state index contributed by atoms with van der Waals surface area (Å²) in [4.78, 5) is 17.9. The lowest BCUT2D eigenvalue weighted by molar-refractivity contribution is -0.130. The molecule has 1 aliphatic heterocycles. The van der Waals surface area contributed by atoms with Crippen molar-refractivity contribution in [1.82, 2.24) is 9.88 Å². The van der Waals surface area contributed by atoms with E-state index in [0.29, 0.717) is 18.9 Å². The molecule has 0 spiro atoms. The van der Waals surface area contributed by atoms with E-state index in [0.717, 1.165) is 25.3 Å². The van der Waals surface area contributed by atoms with E-state index in [1.807, 2.05) is 41.3 Å². The molecule has 1 fully saturated rings. The van der Waals surface area contributed by atoms with E-state index in [1.54, 1.807) is 0 Å². The summed E-state index contributed by atoms with van der Waals surface area (Å²) in [7, 11) is 0. The highest BCUT2D eigenvalue weighted by atomic mass is 16.5. The maximum Gasteiger partial charge on any atom is 0.226 e. The minimum Gasteiger partial charge on any atom is -0.493 e. The van der Waals surface area contributed by atoms with Crippen molar-refractivity contribution in [2.75, 3.05) is 19.7 Å². The highest BCUT2D eigenvalue weighted by Crippen LogP contribution is 2.29. The van der Waals surface area contributed by atoms with Crippen LogP contribution in [0.25, 0.3) is 10.9 Å².